The van der Waals surface area contributed by atoms with Gasteiger partial charge in [-0.15, -0.1) is 0 Å². The lowest BCUT2D eigenvalue weighted by Gasteiger charge is -2.05. The molecule has 0 saturated carbocycles. The maximum absolute atomic E-state index is 10.5. The Hall–Kier alpha value is -0.570. The van der Waals surface area contributed by atoms with Crippen molar-refractivity contribution in [3.8, 4) is 0 Å². The molecule has 0 aliphatic rings. The fourth-order valence-electron chi connectivity index (χ4n) is 5.13. The van der Waals surface area contributed by atoms with Gasteiger partial charge in [-0.2, -0.15) is 0 Å². The Morgan fingerprint density at radius 2 is 0.629 bits per heavy atom. The number of carbonyl (C=O) groups is 1. The summed E-state index contributed by atoms with van der Waals surface area (Å²) >= 11 is 0. The van der Waals surface area contributed by atoms with Crippen molar-refractivity contribution in [3.63, 3.8) is 0 Å². The lowest BCUT2D eigenvalue weighted by atomic mass is 10.0. The summed E-state index contributed by atoms with van der Waals surface area (Å²) < 4.78 is 0. The van der Waals surface area contributed by atoms with Crippen LogP contribution in [0.1, 0.15) is 193 Å². The van der Waals surface area contributed by atoms with Crippen LogP contribution in [0.15, 0.2) is 0 Å². The molecule has 0 aromatic carbocycles. The summed E-state index contributed by atoms with van der Waals surface area (Å²) in [7, 11) is 0. The molecule has 0 aliphatic carbocycles. The van der Waals surface area contributed by atoms with Gasteiger partial charge < -0.3 is 10.2 Å². The summed E-state index contributed by atoms with van der Waals surface area (Å²) in [6.45, 7) is 2.29. The van der Waals surface area contributed by atoms with E-state index in [-0.39, 0.29) is 0 Å². The van der Waals surface area contributed by atoms with E-state index in [1.165, 1.54) is 167 Å². The van der Waals surface area contributed by atoms with Crippen molar-refractivity contribution in [2.45, 2.75) is 199 Å². The van der Waals surface area contributed by atoms with Gasteiger partial charge in [-0.3, -0.25) is 0 Å². The molecule has 1 atom stereocenters. The minimum Gasteiger partial charge on any atom is -0.479 e. The standard InChI is InChI=1S/C32H64O3/c1-2-3-4-5-6-7-8-9-10-11-12-13-14-15-16-17-18-19-20-21-22-23-24-25-26-27-28-29-30-31(33)32(34)35/h31,33H,2-30H2,1H3,(H,34,35). The number of carboxylic acids is 1. The van der Waals surface area contributed by atoms with Crippen molar-refractivity contribution in [2.75, 3.05) is 0 Å². The Morgan fingerprint density at radius 3 is 0.829 bits per heavy atom. The number of aliphatic hydroxyl groups excluding tert-OH is 1. The fourth-order valence-corrected chi connectivity index (χ4v) is 5.13. The first-order valence-electron chi connectivity index (χ1n) is 16.1. The van der Waals surface area contributed by atoms with Crippen LogP contribution in [0, 0.1) is 0 Å². The number of aliphatic carboxylic acids is 1. The molecule has 0 amide bonds. The molecule has 210 valence electrons. The summed E-state index contributed by atoms with van der Waals surface area (Å²) in [5.74, 6) is -1.09. The SMILES string of the molecule is CCCCCCCCCCCCCCCCCCCCCCCCCCCCCCC(O)C(=O)O. The zero-order chi connectivity index (χ0) is 25.7. The number of hydrogen-bond donors (Lipinski definition) is 2. The van der Waals surface area contributed by atoms with Crippen molar-refractivity contribution < 1.29 is 15.0 Å². The summed E-state index contributed by atoms with van der Waals surface area (Å²) in [5, 5.41) is 17.9. The third-order valence-electron chi connectivity index (χ3n) is 7.62. The predicted molar refractivity (Wildman–Crippen MR) is 153 cm³/mol. The molecular weight excluding hydrogens is 432 g/mol. The minimum absolute atomic E-state index is 0.398. The molecule has 1 unspecified atom stereocenters. The van der Waals surface area contributed by atoms with Gasteiger partial charge in [-0.25, -0.2) is 4.79 Å². The normalized spacial score (nSPS) is 12.3. The molecule has 0 fully saturated rings. The molecule has 35 heavy (non-hydrogen) atoms. The fraction of sp³-hybridized carbons (Fsp3) is 0.969. The quantitative estimate of drug-likeness (QED) is 0.0972. The summed E-state index contributed by atoms with van der Waals surface area (Å²) in [4.78, 5) is 10.5. The van der Waals surface area contributed by atoms with E-state index < -0.39 is 12.1 Å². The third-order valence-corrected chi connectivity index (χ3v) is 7.62. The molecule has 2 N–H and O–H groups in total. The predicted octanol–water partition coefficient (Wildman–Crippen LogP) is 10.8. The van der Waals surface area contributed by atoms with Crippen LogP contribution in [0.2, 0.25) is 0 Å². The van der Waals surface area contributed by atoms with E-state index in [1.54, 1.807) is 0 Å². The lowest BCUT2D eigenvalue weighted by Crippen LogP contribution is -2.18. The summed E-state index contributed by atoms with van der Waals surface area (Å²) in [5.41, 5.74) is 0. The molecule has 0 heterocycles. The first-order valence-corrected chi connectivity index (χ1v) is 16.1. The number of aliphatic hydroxyl groups is 1. The van der Waals surface area contributed by atoms with Gasteiger partial charge in [0.05, 0.1) is 0 Å². The maximum atomic E-state index is 10.5. The van der Waals surface area contributed by atoms with Gasteiger partial charge >= 0.3 is 5.97 Å². The first-order chi connectivity index (χ1) is 17.2. The Kier molecular flexibility index (Phi) is 29.2. The molecule has 0 saturated heterocycles. The molecule has 0 rings (SSSR count). The molecule has 0 bridgehead atoms. The number of carboxylic acid groups (broad SMARTS) is 1. The molecule has 3 nitrogen and oxygen atoms in total. The van der Waals surface area contributed by atoms with Gasteiger partial charge in [0.15, 0.2) is 6.10 Å². The maximum Gasteiger partial charge on any atom is 0.332 e. The van der Waals surface area contributed by atoms with Crippen LogP contribution in [-0.4, -0.2) is 22.3 Å². The Labute approximate surface area is 220 Å². The van der Waals surface area contributed by atoms with Crippen LogP contribution < -0.4 is 0 Å². The van der Waals surface area contributed by atoms with Crippen LogP contribution >= 0.6 is 0 Å². The van der Waals surface area contributed by atoms with Crippen LogP contribution in [-0.2, 0) is 4.79 Å². The van der Waals surface area contributed by atoms with Crippen molar-refractivity contribution >= 4 is 5.97 Å². The highest BCUT2D eigenvalue weighted by atomic mass is 16.4. The average molecular weight is 497 g/mol. The smallest absolute Gasteiger partial charge is 0.332 e. The van der Waals surface area contributed by atoms with Crippen LogP contribution in [0.3, 0.4) is 0 Å². The molecular formula is C32H64O3. The van der Waals surface area contributed by atoms with Gasteiger partial charge in [-0.1, -0.05) is 187 Å². The van der Waals surface area contributed by atoms with E-state index in [1.807, 2.05) is 0 Å². The lowest BCUT2D eigenvalue weighted by molar-refractivity contribution is -0.146. The van der Waals surface area contributed by atoms with Crippen LogP contribution in [0.4, 0.5) is 0 Å². The van der Waals surface area contributed by atoms with Gasteiger partial charge in [0.1, 0.15) is 0 Å². The molecule has 3 heteroatoms. The zero-order valence-corrected chi connectivity index (χ0v) is 23.9. The second-order valence-corrected chi connectivity index (χ2v) is 11.2. The zero-order valence-electron chi connectivity index (χ0n) is 23.9. The van der Waals surface area contributed by atoms with Gasteiger partial charge in [0.25, 0.3) is 0 Å². The van der Waals surface area contributed by atoms with Crippen molar-refractivity contribution in [2.24, 2.45) is 0 Å². The number of rotatable bonds is 30. The minimum atomic E-state index is -1.17. The van der Waals surface area contributed by atoms with E-state index in [4.69, 9.17) is 5.11 Å². The molecule has 0 aromatic heterocycles. The van der Waals surface area contributed by atoms with Crippen molar-refractivity contribution in [1.29, 1.82) is 0 Å². The Morgan fingerprint density at radius 1 is 0.429 bits per heavy atom. The van der Waals surface area contributed by atoms with Crippen LogP contribution in [0.5, 0.6) is 0 Å². The van der Waals surface area contributed by atoms with Crippen molar-refractivity contribution in [3.05, 3.63) is 0 Å². The van der Waals surface area contributed by atoms with E-state index in [9.17, 15) is 9.90 Å². The van der Waals surface area contributed by atoms with Gasteiger partial charge in [0, 0.05) is 0 Å². The van der Waals surface area contributed by atoms with Crippen LogP contribution in [0.25, 0.3) is 0 Å². The highest BCUT2D eigenvalue weighted by Crippen LogP contribution is 2.16. The molecule has 0 spiro atoms. The first kappa shape index (κ1) is 34.4. The second kappa shape index (κ2) is 29.7. The highest BCUT2D eigenvalue weighted by molar-refractivity contribution is 5.71. The number of hydrogen-bond acceptors (Lipinski definition) is 2. The van der Waals surface area contributed by atoms with Gasteiger partial charge in [0.2, 0.25) is 0 Å². The Bertz CT molecular complexity index is 410. The molecule has 0 aliphatic heterocycles. The summed E-state index contributed by atoms with van der Waals surface area (Å²) in [6, 6.07) is 0. The van der Waals surface area contributed by atoms with E-state index >= 15 is 0 Å². The molecule has 0 aromatic rings. The Balaban J connectivity index is 3.05. The van der Waals surface area contributed by atoms with E-state index in [0.717, 1.165) is 12.8 Å². The average Bonchev–Trinajstić information content (AvgIpc) is 2.85. The molecule has 0 radical (unpaired) electrons. The highest BCUT2D eigenvalue weighted by Gasteiger charge is 2.11. The second-order valence-electron chi connectivity index (χ2n) is 11.2. The third kappa shape index (κ3) is 29.5. The number of unbranched alkanes of at least 4 members (excludes halogenated alkanes) is 27. The largest absolute Gasteiger partial charge is 0.479 e. The van der Waals surface area contributed by atoms with E-state index in [0.29, 0.717) is 6.42 Å². The topological polar surface area (TPSA) is 57.5 Å². The van der Waals surface area contributed by atoms with Gasteiger partial charge in [-0.05, 0) is 6.42 Å². The monoisotopic (exact) mass is 496 g/mol. The van der Waals surface area contributed by atoms with Crippen molar-refractivity contribution in [1.82, 2.24) is 0 Å². The summed E-state index contributed by atoms with van der Waals surface area (Å²) in [6.07, 6.45) is 37.9. The van der Waals surface area contributed by atoms with E-state index in [2.05, 4.69) is 6.92 Å².